The molecular formula is C10H9NO2S. The molecule has 0 atom stereocenters. The van der Waals surface area contributed by atoms with Crippen molar-refractivity contribution in [3.05, 3.63) is 29.3 Å². The molecule has 3 nitrogen and oxygen atoms in total. The zero-order valence-electron chi connectivity index (χ0n) is 7.32. The summed E-state index contributed by atoms with van der Waals surface area (Å²) in [6.45, 7) is 0. The first-order chi connectivity index (χ1) is 6.65. The maximum Gasteiger partial charge on any atom is 0.337 e. The van der Waals surface area contributed by atoms with E-state index in [2.05, 4.69) is 24.5 Å². The number of carboxylic acids is 1. The van der Waals surface area contributed by atoms with Crippen molar-refractivity contribution in [2.24, 2.45) is 0 Å². The minimum Gasteiger partial charge on any atom is -0.478 e. The second-order valence-electron chi connectivity index (χ2n) is 2.57. The summed E-state index contributed by atoms with van der Waals surface area (Å²) in [5.41, 5.74) is 6.43. The first-order valence-electron chi connectivity index (χ1n) is 3.87. The summed E-state index contributed by atoms with van der Waals surface area (Å²) >= 11 is 3.92. The number of hydrogen-bond donors (Lipinski definition) is 3. The molecule has 1 aromatic rings. The topological polar surface area (TPSA) is 63.3 Å². The molecule has 14 heavy (non-hydrogen) atoms. The van der Waals surface area contributed by atoms with Gasteiger partial charge in [-0.25, -0.2) is 4.79 Å². The Bertz CT molecular complexity index is 418. The van der Waals surface area contributed by atoms with Gasteiger partial charge in [-0.3, -0.25) is 0 Å². The van der Waals surface area contributed by atoms with Gasteiger partial charge in [0, 0.05) is 11.3 Å². The largest absolute Gasteiger partial charge is 0.478 e. The van der Waals surface area contributed by atoms with Gasteiger partial charge in [-0.05, 0) is 18.2 Å². The predicted octanol–water partition coefficient (Wildman–Crippen LogP) is 1.25. The quantitative estimate of drug-likeness (QED) is 0.369. The lowest BCUT2D eigenvalue weighted by atomic mass is 10.1. The minimum absolute atomic E-state index is 0.0796. The zero-order valence-corrected chi connectivity index (χ0v) is 8.21. The van der Waals surface area contributed by atoms with Gasteiger partial charge in [0.05, 0.1) is 11.3 Å². The Morgan fingerprint density at radius 3 is 2.86 bits per heavy atom. The normalized spacial score (nSPS) is 8.93. The second-order valence-corrected chi connectivity index (χ2v) is 2.88. The zero-order chi connectivity index (χ0) is 10.6. The Morgan fingerprint density at radius 1 is 1.57 bits per heavy atom. The molecule has 0 aliphatic heterocycles. The Kier molecular flexibility index (Phi) is 3.43. The Hall–Kier alpha value is -1.60. The lowest BCUT2D eigenvalue weighted by Gasteiger charge is -2.00. The number of aromatic carboxylic acids is 1. The number of carbonyl (C=O) groups is 1. The van der Waals surface area contributed by atoms with E-state index in [1.165, 1.54) is 12.1 Å². The fourth-order valence-corrected chi connectivity index (χ4v) is 1.04. The molecule has 0 heterocycles. The van der Waals surface area contributed by atoms with Crippen molar-refractivity contribution in [3.63, 3.8) is 0 Å². The van der Waals surface area contributed by atoms with Crippen LogP contribution >= 0.6 is 12.6 Å². The SMILES string of the molecule is Nc1ccc(C#CCS)cc1C(=O)O. The summed E-state index contributed by atoms with van der Waals surface area (Å²) in [6.07, 6.45) is 0. The molecule has 0 spiro atoms. The standard InChI is InChI=1S/C10H9NO2S/c11-9-4-3-7(2-1-5-14)6-8(9)10(12)13/h3-4,6,14H,5,11H2,(H,12,13). The third-order valence-corrected chi connectivity index (χ3v) is 1.75. The van der Waals surface area contributed by atoms with Gasteiger partial charge in [-0.1, -0.05) is 11.8 Å². The number of anilines is 1. The summed E-state index contributed by atoms with van der Waals surface area (Å²) in [6, 6.07) is 4.66. The van der Waals surface area contributed by atoms with Gasteiger partial charge in [0.2, 0.25) is 0 Å². The third-order valence-electron chi connectivity index (χ3n) is 1.60. The van der Waals surface area contributed by atoms with Crippen molar-refractivity contribution in [1.29, 1.82) is 0 Å². The molecule has 0 saturated carbocycles. The average Bonchev–Trinajstić information content (AvgIpc) is 2.16. The number of carboxylic acid groups (broad SMARTS) is 1. The predicted molar refractivity (Wildman–Crippen MR) is 58.5 cm³/mol. The first-order valence-corrected chi connectivity index (χ1v) is 4.51. The van der Waals surface area contributed by atoms with Gasteiger partial charge in [-0.15, -0.1) is 0 Å². The molecular weight excluding hydrogens is 198 g/mol. The van der Waals surface area contributed by atoms with Crippen LogP contribution in [-0.2, 0) is 0 Å². The minimum atomic E-state index is -1.04. The molecule has 0 aliphatic rings. The van der Waals surface area contributed by atoms with Crippen molar-refractivity contribution in [2.45, 2.75) is 0 Å². The van der Waals surface area contributed by atoms with Crippen molar-refractivity contribution >= 4 is 24.3 Å². The summed E-state index contributed by atoms with van der Waals surface area (Å²) in [7, 11) is 0. The molecule has 1 rings (SSSR count). The monoisotopic (exact) mass is 207 g/mol. The van der Waals surface area contributed by atoms with Crippen molar-refractivity contribution in [2.75, 3.05) is 11.5 Å². The summed E-state index contributed by atoms with van der Waals surface area (Å²) in [5.74, 6) is 4.89. The van der Waals surface area contributed by atoms with Crippen LogP contribution in [0.4, 0.5) is 5.69 Å². The third kappa shape index (κ3) is 2.44. The lowest BCUT2D eigenvalue weighted by Crippen LogP contribution is -2.02. The van der Waals surface area contributed by atoms with Gasteiger partial charge in [0.25, 0.3) is 0 Å². The van der Waals surface area contributed by atoms with Gasteiger partial charge in [0.15, 0.2) is 0 Å². The molecule has 0 aromatic heterocycles. The van der Waals surface area contributed by atoms with E-state index in [4.69, 9.17) is 10.8 Å². The fourth-order valence-electron chi connectivity index (χ4n) is 0.961. The molecule has 3 N–H and O–H groups in total. The molecule has 72 valence electrons. The highest BCUT2D eigenvalue weighted by Gasteiger charge is 2.07. The van der Waals surface area contributed by atoms with E-state index in [-0.39, 0.29) is 11.3 Å². The van der Waals surface area contributed by atoms with E-state index in [1.807, 2.05) is 0 Å². The molecule has 1 aromatic carbocycles. The van der Waals surface area contributed by atoms with Crippen LogP contribution in [0.15, 0.2) is 18.2 Å². The molecule has 0 radical (unpaired) electrons. The van der Waals surface area contributed by atoms with Gasteiger partial charge in [-0.2, -0.15) is 12.6 Å². The van der Waals surface area contributed by atoms with Crippen LogP contribution in [0.5, 0.6) is 0 Å². The van der Waals surface area contributed by atoms with E-state index in [1.54, 1.807) is 6.07 Å². The highest BCUT2D eigenvalue weighted by molar-refractivity contribution is 7.80. The Balaban J connectivity index is 3.13. The van der Waals surface area contributed by atoms with Crippen LogP contribution < -0.4 is 5.73 Å². The Morgan fingerprint density at radius 2 is 2.29 bits per heavy atom. The van der Waals surface area contributed by atoms with Crippen LogP contribution in [0.3, 0.4) is 0 Å². The average molecular weight is 207 g/mol. The fraction of sp³-hybridized carbons (Fsp3) is 0.100. The maximum atomic E-state index is 10.7. The number of hydrogen-bond acceptors (Lipinski definition) is 3. The Labute approximate surface area is 87.3 Å². The van der Waals surface area contributed by atoms with Crippen LogP contribution in [0.1, 0.15) is 15.9 Å². The van der Waals surface area contributed by atoms with Gasteiger partial charge < -0.3 is 10.8 Å². The highest BCUT2D eigenvalue weighted by Crippen LogP contribution is 2.13. The number of benzene rings is 1. The lowest BCUT2D eigenvalue weighted by molar-refractivity contribution is 0.0698. The molecule has 0 unspecified atom stereocenters. The van der Waals surface area contributed by atoms with Crippen molar-refractivity contribution in [3.8, 4) is 11.8 Å². The first kappa shape index (κ1) is 10.5. The molecule has 0 fully saturated rings. The number of thiol groups is 1. The smallest absolute Gasteiger partial charge is 0.337 e. The van der Waals surface area contributed by atoms with E-state index in [0.29, 0.717) is 11.3 Å². The van der Waals surface area contributed by atoms with E-state index in [9.17, 15) is 4.79 Å². The van der Waals surface area contributed by atoms with Crippen LogP contribution in [0.25, 0.3) is 0 Å². The molecule has 0 bridgehead atoms. The maximum absolute atomic E-state index is 10.7. The van der Waals surface area contributed by atoms with Crippen LogP contribution in [0.2, 0.25) is 0 Å². The number of nitrogens with two attached hydrogens (primary N) is 1. The van der Waals surface area contributed by atoms with Gasteiger partial charge in [0.1, 0.15) is 0 Å². The highest BCUT2D eigenvalue weighted by atomic mass is 32.1. The van der Waals surface area contributed by atoms with Crippen molar-refractivity contribution in [1.82, 2.24) is 0 Å². The van der Waals surface area contributed by atoms with E-state index >= 15 is 0 Å². The summed E-state index contributed by atoms with van der Waals surface area (Å²) < 4.78 is 0. The number of rotatable bonds is 1. The van der Waals surface area contributed by atoms with E-state index < -0.39 is 5.97 Å². The second kappa shape index (κ2) is 4.58. The molecule has 0 saturated heterocycles. The summed E-state index contributed by atoms with van der Waals surface area (Å²) in [5, 5.41) is 8.77. The molecule has 0 aliphatic carbocycles. The van der Waals surface area contributed by atoms with Crippen molar-refractivity contribution < 1.29 is 9.90 Å². The molecule has 4 heteroatoms. The number of nitrogen functional groups attached to an aromatic ring is 1. The van der Waals surface area contributed by atoms with Gasteiger partial charge >= 0.3 is 5.97 Å². The molecule has 0 amide bonds. The van der Waals surface area contributed by atoms with Crippen LogP contribution in [-0.4, -0.2) is 16.8 Å². The van der Waals surface area contributed by atoms with E-state index in [0.717, 1.165) is 0 Å². The van der Waals surface area contributed by atoms with Crippen LogP contribution in [0, 0.1) is 11.8 Å². The summed E-state index contributed by atoms with van der Waals surface area (Å²) in [4.78, 5) is 10.7.